The Hall–Kier alpha value is -3.02. The van der Waals surface area contributed by atoms with Crippen molar-refractivity contribution >= 4 is 5.97 Å². The summed E-state index contributed by atoms with van der Waals surface area (Å²) in [5, 5.41) is 0. The van der Waals surface area contributed by atoms with Crippen LogP contribution in [0.25, 0.3) is 0 Å². The van der Waals surface area contributed by atoms with Crippen LogP contribution in [0.4, 0.5) is 13.2 Å². The fourth-order valence-electron chi connectivity index (χ4n) is 5.71. The first-order valence-corrected chi connectivity index (χ1v) is 12.8. The quantitative estimate of drug-likeness (QED) is 0.166. The monoisotopic (exact) mass is 498 g/mol. The van der Waals surface area contributed by atoms with Crippen LogP contribution in [0.3, 0.4) is 0 Å². The van der Waals surface area contributed by atoms with E-state index in [4.69, 9.17) is 9.47 Å². The Kier molecular flexibility index (Phi) is 8.55. The highest BCUT2D eigenvalue weighted by Gasteiger charge is 2.31. The van der Waals surface area contributed by atoms with Gasteiger partial charge < -0.3 is 9.47 Å². The van der Waals surface area contributed by atoms with Crippen LogP contribution < -0.4 is 9.47 Å². The van der Waals surface area contributed by atoms with Gasteiger partial charge in [-0.2, -0.15) is 8.78 Å². The van der Waals surface area contributed by atoms with Crippen molar-refractivity contribution in [2.75, 3.05) is 0 Å². The van der Waals surface area contributed by atoms with E-state index in [0.717, 1.165) is 55.2 Å². The number of halogens is 3. The molecule has 0 aliphatic heterocycles. The Morgan fingerprint density at radius 1 is 0.889 bits per heavy atom. The number of hydrogen-bond donors (Lipinski definition) is 0. The molecule has 0 N–H and O–H groups in total. The van der Waals surface area contributed by atoms with Gasteiger partial charge in [-0.15, -0.1) is 6.58 Å². The van der Waals surface area contributed by atoms with Crippen LogP contribution in [-0.4, -0.2) is 5.97 Å². The number of esters is 1. The molecule has 0 saturated heterocycles. The first-order valence-electron chi connectivity index (χ1n) is 12.8. The van der Waals surface area contributed by atoms with Gasteiger partial charge in [-0.1, -0.05) is 18.2 Å². The smallest absolute Gasteiger partial charge is 0.346 e. The van der Waals surface area contributed by atoms with Gasteiger partial charge in [-0.25, -0.2) is 9.18 Å². The average molecular weight is 499 g/mol. The van der Waals surface area contributed by atoms with Crippen molar-refractivity contribution in [2.45, 2.75) is 64.2 Å². The Morgan fingerprint density at radius 2 is 1.50 bits per heavy atom. The first-order chi connectivity index (χ1) is 17.4. The average Bonchev–Trinajstić information content (AvgIpc) is 2.91. The Balaban J connectivity index is 1.36. The van der Waals surface area contributed by atoms with Crippen LogP contribution in [0.5, 0.6) is 11.5 Å². The van der Waals surface area contributed by atoms with Gasteiger partial charge in [0.1, 0.15) is 5.82 Å². The lowest BCUT2D eigenvalue weighted by Gasteiger charge is -2.37. The SMILES string of the molecule is C=CC1CCC(C2CCC(c3ccc(C(=O)Oc4ccc(OC=CC)c(F)c4F)c(F)c3)CC2)CC1. The van der Waals surface area contributed by atoms with E-state index in [1.54, 1.807) is 13.0 Å². The normalized spacial score (nSPS) is 24.4. The van der Waals surface area contributed by atoms with Crippen LogP contribution in [0, 0.1) is 35.2 Å². The number of allylic oxidation sites excluding steroid dienone is 2. The molecule has 2 fully saturated rings. The second-order valence-electron chi connectivity index (χ2n) is 9.93. The summed E-state index contributed by atoms with van der Waals surface area (Å²) in [4.78, 5) is 12.5. The van der Waals surface area contributed by atoms with Crippen molar-refractivity contribution in [1.82, 2.24) is 0 Å². The van der Waals surface area contributed by atoms with Gasteiger partial charge >= 0.3 is 5.97 Å². The second-order valence-corrected chi connectivity index (χ2v) is 9.93. The van der Waals surface area contributed by atoms with Crippen molar-refractivity contribution < 1.29 is 27.4 Å². The van der Waals surface area contributed by atoms with Crippen molar-refractivity contribution in [3.8, 4) is 11.5 Å². The van der Waals surface area contributed by atoms with Crippen molar-refractivity contribution in [2.24, 2.45) is 17.8 Å². The van der Waals surface area contributed by atoms with E-state index >= 15 is 0 Å². The Morgan fingerprint density at radius 3 is 2.11 bits per heavy atom. The molecule has 192 valence electrons. The maximum Gasteiger partial charge on any atom is 0.346 e. The maximum atomic E-state index is 14.9. The number of carbonyl (C=O) groups excluding carboxylic acids is 1. The number of hydrogen-bond acceptors (Lipinski definition) is 3. The molecule has 3 nitrogen and oxygen atoms in total. The summed E-state index contributed by atoms with van der Waals surface area (Å²) in [6, 6.07) is 6.70. The molecule has 0 heterocycles. The van der Waals surface area contributed by atoms with Gasteiger partial charge in [0.05, 0.1) is 11.8 Å². The highest BCUT2D eigenvalue weighted by atomic mass is 19.2. The molecule has 0 radical (unpaired) electrons. The number of benzene rings is 2. The van der Waals surface area contributed by atoms with Crippen LogP contribution in [0.15, 0.2) is 55.3 Å². The van der Waals surface area contributed by atoms with Crippen molar-refractivity contribution in [3.05, 3.63) is 83.9 Å². The maximum absolute atomic E-state index is 14.9. The molecule has 2 aromatic rings. The summed E-state index contributed by atoms with van der Waals surface area (Å²) in [6.07, 6.45) is 14.1. The van der Waals surface area contributed by atoms with E-state index in [1.165, 1.54) is 50.2 Å². The van der Waals surface area contributed by atoms with Crippen LogP contribution in [0.2, 0.25) is 0 Å². The van der Waals surface area contributed by atoms with Crippen LogP contribution in [-0.2, 0) is 0 Å². The summed E-state index contributed by atoms with van der Waals surface area (Å²) in [7, 11) is 0. The van der Waals surface area contributed by atoms with E-state index in [-0.39, 0.29) is 17.2 Å². The third-order valence-electron chi connectivity index (χ3n) is 7.82. The third kappa shape index (κ3) is 5.85. The summed E-state index contributed by atoms with van der Waals surface area (Å²) < 4.78 is 53.3. The Bertz CT molecular complexity index is 1110. The lowest BCUT2D eigenvalue weighted by molar-refractivity contribution is 0.0721. The molecule has 2 saturated carbocycles. The van der Waals surface area contributed by atoms with Gasteiger partial charge in [0.15, 0.2) is 11.5 Å². The zero-order valence-corrected chi connectivity index (χ0v) is 20.7. The standard InChI is InChI=1S/C30H33F3O3/c1-3-17-35-26-15-16-27(29(33)28(26)32)36-30(34)24-14-13-23(18-25(24)31)22-11-9-21(10-12-22)20-7-5-19(4-2)6-8-20/h3-4,13-22H,2,5-12H2,1H3. The van der Waals surface area contributed by atoms with Crippen molar-refractivity contribution in [1.29, 1.82) is 0 Å². The zero-order chi connectivity index (χ0) is 25.7. The lowest BCUT2D eigenvalue weighted by atomic mass is 9.68. The summed E-state index contributed by atoms with van der Waals surface area (Å²) in [6.45, 7) is 5.59. The van der Waals surface area contributed by atoms with Gasteiger partial charge in [0, 0.05) is 0 Å². The molecule has 0 bridgehead atoms. The predicted molar refractivity (Wildman–Crippen MR) is 134 cm³/mol. The van der Waals surface area contributed by atoms with E-state index in [1.807, 2.05) is 0 Å². The molecule has 0 spiro atoms. The second kappa shape index (κ2) is 11.8. The molecular formula is C30H33F3O3. The zero-order valence-electron chi connectivity index (χ0n) is 20.7. The molecule has 0 amide bonds. The number of ether oxygens (including phenoxy) is 2. The highest BCUT2D eigenvalue weighted by Crippen LogP contribution is 2.44. The fourth-order valence-corrected chi connectivity index (χ4v) is 5.71. The molecule has 0 atom stereocenters. The van der Waals surface area contributed by atoms with E-state index < -0.39 is 29.2 Å². The molecule has 2 aliphatic carbocycles. The van der Waals surface area contributed by atoms with Crippen LogP contribution >= 0.6 is 0 Å². The van der Waals surface area contributed by atoms with E-state index in [2.05, 4.69) is 12.7 Å². The number of carbonyl (C=O) groups is 1. The fraction of sp³-hybridized carbons (Fsp3) is 0.433. The molecule has 0 aromatic heterocycles. The summed E-state index contributed by atoms with van der Waals surface area (Å²) in [5.41, 5.74) is 0.543. The minimum atomic E-state index is -1.38. The molecule has 2 aromatic carbocycles. The van der Waals surface area contributed by atoms with Gasteiger partial charge in [-0.3, -0.25) is 0 Å². The summed E-state index contributed by atoms with van der Waals surface area (Å²) in [5.74, 6) is -3.03. The minimum Gasteiger partial charge on any atom is -0.462 e. The predicted octanol–water partition coefficient (Wildman–Crippen LogP) is 8.50. The Labute approximate surface area is 211 Å². The number of rotatable bonds is 7. The summed E-state index contributed by atoms with van der Waals surface area (Å²) >= 11 is 0. The van der Waals surface area contributed by atoms with Gasteiger partial charge in [0.2, 0.25) is 11.6 Å². The molecule has 36 heavy (non-hydrogen) atoms. The van der Waals surface area contributed by atoms with Crippen molar-refractivity contribution in [3.63, 3.8) is 0 Å². The lowest BCUT2D eigenvalue weighted by Crippen LogP contribution is -2.25. The molecule has 4 rings (SSSR count). The molecule has 6 heteroatoms. The van der Waals surface area contributed by atoms with Gasteiger partial charge in [-0.05, 0) is 112 Å². The highest BCUT2D eigenvalue weighted by molar-refractivity contribution is 5.91. The largest absolute Gasteiger partial charge is 0.462 e. The molecule has 2 aliphatic rings. The molecule has 0 unspecified atom stereocenters. The van der Waals surface area contributed by atoms with E-state index in [9.17, 15) is 18.0 Å². The van der Waals surface area contributed by atoms with Gasteiger partial charge in [0.25, 0.3) is 0 Å². The van der Waals surface area contributed by atoms with E-state index in [0.29, 0.717) is 5.92 Å². The third-order valence-corrected chi connectivity index (χ3v) is 7.82. The topological polar surface area (TPSA) is 35.5 Å². The minimum absolute atomic E-state index is 0.251. The van der Waals surface area contributed by atoms with Crippen LogP contribution in [0.1, 0.15) is 80.1 Å². The first kappa shape index (κ1) is 26.1. The molecular weight excluding hydrogens is 465 g/mol.